The van der Waals surface area contributed by atoms with Gasteiger partial charge in [0.15, 0.2) is 0 Å². The highest BCUT2D eigenvalue weighted by molar-refractivity contribution is 9.10. The van der Waals surface area contributed by atoms with E-state index < -0.39 is 29.7 Å². The van der Waals surface area contributed by atoms with Gasteiger partial charge in [0.2, 0.25) is 0 Å². The molecule has 2 aliphatic rings. The minimum atomic E-state index is -1.07. The number of hydrogen-bond donors (Lipinski definition) is 1. The van der Waals surface area contributed by atoms with Gasteiger partial charge in [-0.25, -0.2) is 18.4 Å². The van der Waals surface area contributed by atoms with Crippen LogP contribution >= 0.6 is 15.9 Å². The van der Waals surface area contributed by atoms with Crippen LogP contribution in [-0.2, 0) is 16.1 Å². The number of piperidine rings is 1. The molecule has 1 fully saturated rings. The number of rotatable bonds is 7. The van der Waals surface area contributed by atoms with E-state index in [4.69, 9.17) is 4.74 Å². The van der Waals surface area contributed by atoms with Crippen LogP contribution in [0.2, 0.25) is 0 Å². The van der Waals surface area contributed by atoms with Crippen molar-refractivity contribution < 1.29 is 27.9 Å². The number of nitrogens with one attached hydrogen (secondary N) is 1. The highest BCUT2D eigenvalue weighted by Crippen LogP contribution is 2.39. The summed E-state index contributed by atoms with van der Waals surface area (Å²) in [6.07, 6.45) is 5.88. The van der Waals surface area contributed by atoms with Crippen LogP contribution in [0.15, 0.2) is 71.0 Å². The summed E-state index contributed by atoms with van der Waals surface area (Å²) in [6.45, 7) is 2.64. The van der Waals surface area contributed by atoms with Crippen LogP contribution in [0.1, 0.15) is 59.3 Å². The van der Waals surface area contributed by atoms with E-state index in [9.17, 15) is 23.2 Å². The lowest BCUT2D eigenvalue weighted by molar-refractivity contribution is -0.139. The smallest absolute Gasteiger partial charge is 0.338 e. The molecule has 11 heteroatoms. The zero-order valence-electron chi connectivity index (χ0n) is 22.9. The van der Waals surface area contributed by atoms with E-state index in [1.165, 1.54) is 17.2 Å². The molecule has 1 unspecified atom stereocenters. The summed E-state index contributed by atoms with van der Waals surface area (Å²) in [4.78, 5) is 48.5. The van der Waals surface area contributed by atoms with Gasteiger partial charge in [0.1, 0.15) is 11.6 Å². The van der Waals surface area contributed by atoms with Crippen molar-refractivity contribution in [2.75, 3.05) is 19.7 Å². The number of esters is 1. The number of ether oxygens (including phenoxy) is 1. The highest BCUT2D eigenvalue weighted by atomic mass is 79.9. The lowest BCUT2D eigenvalue weighted by Crippen LogP contribution is -2.48. The maximum atomic E-state index is 14.8. The van der Waals surface area contributed by atoms with Gasteiger partial charge in [0.25, 0.3) is 5.91 Å². The minimum absolute atomic E-state index is 0.0364. The molecule has 0 bridgehead atoms. The fourth-order valence-corrected chi connectivity index (χ4v) is 5.71. The predicted octanol–water partition coefficient (Wildman–Crippen LogP) is 5.99. The maximum absolute atomic E-state index is 14.8. The Balaban J connectivity index is 1.71. The fraction of sp³-hybridized carbons (Fsp3) is 0.290. The van der Waals surface area contributed by atoms with Crippen LogP contribution in [0.4, 0.5) is 13.6 Å². The summed E-state index contributed by atoms with van der Waals surface area (Å²) in [7, 11) is 0. The molecule has 3 aromatic rings. The van der Waals surface area contributed by atoms with Crippen molar-refractivity contribution in [1.29, 1.82) is 0 Å². The lowest BCUT2D eigenvalue weighted by atomic mass is 9.88. The number of benzene rings is 2. The average Bonchev–Trinajstić information content (AvgIpc) is 2.99. The van der Waals surface area contributed by atoms with E-state index in [0.29, 0.717) is 34.3 Å². The Morgan fingerprint density at radius 2 is 1.83 bits per heavy atom. The number of nitrogens with zero attached hydrogens (tertiary/aromatic N) is 3. The Labute approximate surface area is 250 Å². The normalized spacial score (nSPS) is 17.2. The molecule has 0 radical (unpaired) electrons. The Hall–Kier alpha value is -4.12. The second kappa shape index (κ2) is 12.8. The molecule has 1 aromatic heterocycles. The number of pyridine rings is 1. The van der Waals surface area contributed by atoms with Gasteiger partial charge in [-0.2, -0.15) is 0 Å². The number of aromatic nitrogens is 1. The largest absolute Gasteiger partial charge is 0.463 e. The van der Waals surface area contributed by atoms with Crippen molar-refractivity contribution >= 4 is 39.5 Å². The Kier molecular flexibility index (Phi) is 8.96. The van der Waals surface area contributed by atoms with Crippen LogP contribution in [0.25, 0.3) is 5.70 Å². The molecule has 1 N–H and O–H groups in total. The van der Waals surface area contributed by atoms with Gasteiger partial charge in [0.05, 0.1) is 30.5 Å². The van der Waals surface area contributed by atoms with Gasteiger partial charge in [-0.3, -0.25) is 14.7 Å². The van der Waals surface area contributed by atoms with E-state index in [2.05, 4.69) is 26.2 Å². The molecular formula is C31H29BrF2N4O4. The van der Waals surface area contributed by atoms with Crippen molar-refractivity contribution in [3.63, 3.8) is 0 Å². The summed E-state index contributed by atoms with van der Waals surface area (Å²) in [5.74, 6) is -2.51. The molecule has 3 heterocycles. The maximum Gasteiger partial charge on any atom is 0.338 e. The summed E-state index contributed by atoms with van der Waals surface area (Å²) >= 11 is 3.40. The van der Waals surface area contributed by atoms with Crippen LogP contribution in [0, 0.1) is 11.6 Å². The van der Waals surface area contributed by atoms with E-state index in [1.54, 1.807) is 48.4 Å². The van der Waals surface area contributed by atoms with Gasteiger partial charge >= 0.3 is 12.0 Å². The quantitative estimate of drug-likeness (QED) is 0.321. The molecule has 0 saturated carbocycles. The third kappa shape index (κ3) is 6.06. The third-order valence-electron chi connectivity index (χ3n) is 7.29. The van der Waals surface area contributed by atoms with E-state index in [0.717, 1.165) is 31.4 Å². The number of halogens is 3. The second-order valence-corrected chi connectivity index (χ2v) is 10.9. The summed E-state index contributed by atoms with van der Waals surface area (Å²) in [5.41, 5.74) is 1.40. The molecule has 0 spiro atoms. The van der Waals surface area contributed by atoms with Crippen molar-refractivity contribution in [2.24, 2.45) is 0 Å². The lowest BCUT2D eigenvalue weighted by Gasteiger charge is -2.37. The summed E-state index contributed by atoms with van der Waals surface area (Å²) in [5, 5.41) is 2.86. The number of carbonyl (C=O) groups is 3. The number of amides is 3. The number of hydrogen-bond acceptors (Lipinski definition) is 5. The minimum Gasteiger partial charge on any atom is -0.463 e. The first-order valence-corrected chi connectivity index (χ1v) is 14.5. The molecule has 218 valence electrons. The van der Waals surface area contributed by atoms with Gasteiger partial charge in [-0.15, -0.1) is 0 Å². The number of carbonyl (C=O) groups excluding carboxylic acids is 3. The van der Waals surface area contributed by atoms with E-state index in [1.807, 2.05) is 0 Å². The molecule has 1 saturated heterocycles. The first-order valence-electron chi connectivity index (χ1n) is 13.7. The molecule has 0 aliphatic carbocycles. The van der Waals surface area contributed by atoms with Gasteiger partial charge < -0.3 is 15.0 Å². The van der Waals surface area contributed by atoms with E-state index >= 15 is 0 Å². The van der Waals surface area contributed by atoms with Crippen LogP contribution in [0.5, 0.6) is 0 Å². The standard InChI is InChI=1S/C31H29BrF2N4O4/c1-2-42-30(40)26-27(23-8-4-5-9-24(23)29(39)37-12-6-3-7-13-37)36-31(41)38(18-19-10-11-22(33)15-25(19)34)28(26)20-14-21(32)17-35-16-20/h4-5,8-11,14-17,27H,2-3,6-7,12-13,18H2,1H3,(H,36,41). The zero-order chi connectivity index (χ0) is 29.8. The van der Waals surface area contributed by atoms with Crippen LogP contribution in [0.3, 0.4) is 0 Å². The Morgan fingerprint density at radius 1 is 1.07 bits per heavy atom. The molecule has 2 aliphatic heterocycles. The van der Waals surface area contributed by atoms with Crippen LogP contribution in [-0.4, -0.2) is 52.4 Å². The molecule has 42 heavy (non-hydrogen) atoms. The molecule has 1 atom stereocenters. The first-order chi connectivity index (χ1) is 20.3. The van der Waals surface area contributed by atoms with Crippen LogP contribution < -0.4 is 5.32 Å². The summed E-state index contributed by atoms with van der Waals surface area (Å²) in [6, 6.07) is 9.90. The third-order valence-corrected chi connectivity index (χ3v) is 7.72. The number of urea groups is 1. The topological polar surface area (TPSA) is 91.8 Å². The molecule has 8 nitrogen and oxygen atoms in total. The second-order valence-electron chi connectivity index (χ2n) is 10.0. The molecule has 3 amide bonds. The molecule has 5 rings (SSSR count). The molecule has 2 aromatic carbocycles. The first kappa shape index (κ1) is 29.4. The van der Waals surface area contributed by atoms with Gasteiger partial charge in [-0.1, -0.05) is 24.3 Å². The highest BCUT2D eigenvalue weighted by Gasteiger charge is 2.41. The fourth-order valence-electron chi connectivity index (χ4n) is 5.35. The van der Waals surface area contributed by atoms with Crippen molar-refractivity contribution in [1.82, 2.24) is 20.1 Å². The molecular weight excluding hydrogens is 610 g/mol. The number of likely N-dealkylation sites (tertiary alicyclic amines) is 1. The predicted molar refractivity (Wildman–Crippen MR) is 155 cm³/mol. The van der Waals surface area contributed by atoms with Crippen molar-refractivity contribution in [3.8, 4) is 0 Å². The zero-order valence-corrected chi connectivity index (χ0v) is 24.5. The average molecular weight is 639 g/mol. The van der Waals surface area contributed by atoms with Crippen molar-refractivity contribution in [2.45, 2.75) is 38.8 Å². The monoisotopic (exact) mass is 638 g/mol. The van der Waals surface area contributed by atoms with Gasteiger partial charge in [-0.05, 0) is 65.9 Å². The SMILES string of the molecule is CCOC(=O)C1=C(c2cncc(Br)c2)N(Cc2ccc(F)cc2F)C(=O)NC1c1ccccc1C(=O)N1CCCCC1. The van der Waals surface area contributed by atoms with Crippen molar-refractivity contribution in [3.05, 3.63) is 105 Å². The summed E-state index contributed by atoms with van der Waals surface area (Å²) < 4.78 is 34.5. The van der Waals surface area contributed by atoms with Gasteiger partial charge in [0, 0.05) is 52.7 Å². The Bertz CT molecular complexity index is 1560. The van der Waals surface area contributed by atoms with E-state index in [-0.39, 0.29) is 35.9 Å². The Morgan fingerprint density at radius 3 is 2.55 bits per heavy atom.